The van der Waals surface area contributed by atoms with Crippen molar-refractivity contribution in [3.05, 3.63) is 168 Å². The molecule has 0 amide bonds. The van der Waals surface area contributed by atoms with Crippen LogP contribution in [0.4, 0.5) is 0 Å². The summed E-state index contributed by atoms with van der Waals surface area (Å²) in [6.07, 6.45) is 5.34. The van der Waals surface area contributed by atoms with Crippen LogP contribution in [-0.4, -0.2) is 19.6 Å². The third kappa shape index (κ3) is 9.57. The number of rotatable bonds is 12. The van der Waals surface area contributed by atoms with Gasteiger partial charge >= 0.3 is 0 Å². The molecular formula is C60H64N3OPt-. The average molecular weight is 1040 g/mol. The monoisotopic (exact) mass is 1040 g/mol. The quantitative estimate of drug-likeness (QED) is 0.124. The number of benzene rings is 6. The van der Waals surface area contributed by atoms with Crippen LogP contribution in [-0.2, 0) is 31.9 Å². The molecule has 0 aliphatic heterocycles. The number of pyridine rings is 1. The van der Waals surface area contributed by atoms with Gasteiger partial charge < -0.3 is 5.11 Å². The molecule has 2 heterocycles. The Morgan fingerprint density at radius 1 is 0.631 bits per heavy atom. The first kappa shape index (κ1) is 40.9. The molecule has 1 N–H and O–H groups in total. The number of hydrogen-bond acceptors (Lipinski definition) is 3. The molecule has 6 aromatic carbocycles. The van der Waals surface area contributed by atoms with Crippen LogP contribution in [0.15, 0.2) is 140 Å². The minimum Gasteiger partial charge on any atom is -0.507 e. The Balaban J connectivity index is 0.00000722. The zero-order valence-corrected chi connectivity index (χ0v) is 41.8. The Hall–Kier alpha value is -5.57. The molecule has 0 aliphatic carbocycles. The number of nitrogens with zero attached hydrogens (tertiary/aromatic N) is 3. The molecule has 0 atom stereocenters. The fraction of sp³-hybridized carbons (Fsp3) is 0.300. The molecule has 8 rings (SSSR count). The topological polar surface area (TPSA) is 50.9 Å². The van der Waals surface area contributed by atoms with Crippen LogP contribution >= 0.6 is 0 Å². The maximum atomic E-state index is 12.7. The maximum Gasteiger partial charge on any atom is 0.148 e. The summed E-state index contributed by atoms with van der Waals surface area (Å²) < 4.78 is 44.6. The van der Waals surface area contributed by atoms with Gasteiger partial charge in [-0.1, -0.05) is 177 Å². The van der Waals surface area contributed by atoms with Crippen molar-refractivity contribution < 1.29 is 33.0 Å². The van der Waals surface area contributed by atoms with Gasteiger partial charge in [0.25, 0.3) is 0 Å². The Kier molecular flexibility index (Phi) is 12.3. The first-order chi connectivity index (χ1) is 32.8. The number of phenols is 1. The molecule has 336 valence electrons. The molecule has 0 saturated heterocycles. The van der Waals surface area contributed by atoms with Gasteiger partial charge in [-0.25, -0.2) is 4.98 Å². The summed E-state index contributed by atoms with van der Waals surface area (Å²) in [4.78, 5) is 10.5. The molecule has 0 aliphatic rings. The predicted octanol–water partition coefficient (Wildman–Crippen LogP) is 16.7. The zero-order valence-electron chi connectivity index (χ0n) is 44.5. The number of imidazole rings is 1. The Morgan fingerprint density at radius 3 is 1.97 bits per heavy atom. The smallest absolute Gasteiger partial charge is 0.148 e. The fourth-order valence-corrected chi connectivity index (χ4v) is 9.09. The second-order valence-corrected chi connectivity index (χ2v) is 19.2. The number of para-hydroxylation sites is 1. The standard InChI is InChI=1S/C60H64N3O.Pt/c1-11-39(12-2)44-35-51(40(13-3)14-4)57(64)52(36-44)58-62-56-50(26-21-27-54(56)63(58)55-38-47(59(5,6)7)28-29-49(55)42-24-19-16-20-25-42)45-32-46(34-48(33-45)60(8,9)10)53-37-43(30-31-61-53)41-22-17-15-18-23-41;/h15-31,33-40,64H,11-14H2,1-10H3;/q-1;/i15D,17D,18D,22D,23D;. The maximum absolute atomic E-state index is 12.7. The Labute approximate surface area is 409 Å². The van der Waals surface area contributed by atoms with Crippen molar-refractivity contribution in [3.8, 4) is 67.5 Å². The third-order valence-electron chi connectivity index (χ3n) is 13.0. The molecule has 5 heteroatoms. The van der Waals surface area contributed by atoms with E-state index < -0.39 is 6.04 Å². The van der Waals surface area contributed by atoms with Gasteiger partial charge in [0.15, 0.2) is 0 Å². The third-order valence-corrected chi connectivity index (χ3v) is 13.0. The van der Waals surface area contributed by atoms with Crippen molar-refractivity contribution in [2.24, 2.45) is 0 Å². The Bertz CT molecular complexity index is 3190. The summed E-state index contributed by atoms with van der Waals surface area (Å²) in [5.74, 6) is 1.38. The van der Waals surface area contributed by atoms with Gasteiger partial charge in [-0.2, -0.15) is 0 Å². The van der Waals surface area contributed by atoms with E-state index in [-0.39, 0.29) is 73.3 Å². The van der Waals surface area contributed by atoms with E-state index in [1.807, 2.05) is 6.07 Å². The largest absolute Gasteiger partial charge is 0.507 e. The average Bonchev–Trinajstić information content (AvgIpc) is 3.73. The second kappa shape index (κ2) is 19.5. The molecule has 2 aromatic heterocycles. The van der Waals surface area contributed by atoms with E-state index in [1.54, 1.807) is 18.3 Å². The number of aromatic nitrogens is 3. The minimum atomic E-state index is -0.433. The zero-order chi connectivity index (χ0) is 49.7. The first-order valence-electron chi connectivity index (χ1n) is 25.5. The van der Waals surface area contributed by atoms with E-state index in [4.69, 9.17) is 16.8 Å². The van der Waals surface area contributed by atoms with Crippen molar-refractivity contribution in [3.63, 3.8) is 0 Å². The molecule has 4 nitrogen and oxygen atoms in total. The molecular weight excluding hydrogens is 974 g/mol. The predicted molar refractivity (Wildman–Crippen MR) is 271 cm³/mol. The van der Waals surface area contributed by atoms with Crippen LogP contribution in [0, 0.1) is 6.07 Å². The summed E-state index contributed by atoms with van der Waals surface area (Å²) in [7, 11) is 0. The van der Waals surface area contributed by atoms with Gasteiger partial charge in [0, 0.05) is 38.5 Å². The van der Waals surface area contributed by atoms with Crippen molar-refractivity contribution in [2.45, 2.75) is 118 Å². The van der Waals surface area contributed by atoms with Crippen LogP contribution in [0.25, 0.3) is 72.7 Å². The van der Waals surface area contributed by atoms with Crippen molar-refractivity contribution >= 4 is 11.0 Å². The van der Waals surface area contributed by atoms with E-state index in [1.165, 1.54) is 11.1 Å². The van der Waals surface area contributed by atoms with Gasteiger partial charge in [0.05, 0.1) is 29.1 Å². The van der Waals surface area contributed by atoms with E-state index in [9.17, 15) is 5.11 Å². The normalized spacial score (nSPS) is 13.1. The fourth-order valence-electron chi connectivity index (χ4n) is 9.09. The second-order valence-electron chi connectivity index (χ2n) is 19.2. The van der Waals surface area contributed by atoms with Gasteiger partial charge in [-0.3, -0.25) is 9.55 Å². The van der Waals surface area contributed by atoms with E-state index in [0.717, 1.165) is 75.8 Å². The van der Waals surface area contributed by atoms with Crippen molar-refractivity contribution in [1.82, 2.24) is 14.5 Å². The van der Waals surface area contributed by atoms with Gasteiger partial charge in [0.1, 0.15) is 11.6 Å². The van der Waals surface area contributed by atoms with E-state index in [0.29, 0.717) is 34.1 Å². The summed E-state index contributed by atoms with van der Waals surface area (Å²) in [6, 6.07) is 37.6. The molecule has 65 heavy (non-hydrogen) atoms. The number of fused-ring (bicyclic) bond motifs is 1. The summed E-state index contributed by atoms with van der Waals surface area (Å²) in [5, 5.41) is 12.7. The van der Waals surface area contributed by atoms with Crippen LogP contribution in [0.2, 0.25) is 0 Å². The van der Waals surface area contributed by atoms with Gasteiger partial charge in [0.2, 0.25) is 0 Å². The molecule has 0 spiro atoms. The molecule has 0 fully saturated rings. The molecule has 0 bridgehead atoms. The summed E-state index contributed by atoms with van der Waals surface area (Å²) in [5.41, 5.74) is 12.8. The molecule has 0 radical (unpaired) electrons. The Morgan fingerprint density at radius 2 is 1.31 bits per heavy atom. The minimum absolute atomic E-state index is 0. The first-order valence-corrected chi connectivity index (χ1v) is 23.0. The molecule has 0 saturated carbocycles. The van der Waals surface area contributed by atoms with Crippen LogP contribution < -0.4 is 0 Å². The van der Waals surface area contributed by atoms with Crippen LogP contribution in [0.1, 0.15) is 136 Å². The molecule has 0 unspecified atom stereocenters. The van der Waals surface area contributed by atoms with E-state index >= 15 is 0 Å². The number of aromatic hydroxyl groups is 1. The van der Waals surface area contributed by atoms with Crippen LogP contribution in [0.3, 0.4) is 0 Å². The SMILES string of the molecule is [2H]c1c([2H])c([2H])c(-c2ccnc(-c3[c-]c(-c4cccc5c4nc(-c4cc(C(CC)CC)cc(C(CC)CC)c4O)n5-c4cc(C(C)(C)C)ccc4-c4ccccc4)cc(C(C)(C)C)c3)c2)c([2H])c1[2H].[Pt]. The number of phenolic OH excluding ortho intramolecular Hbond substituents is 1. The van der Waals surface area contributed by atoms with Gasteiger partial charge in [-0.15, -0.1) is 29.3 Å². The van der Waals surface area contributed by atoms with Crippen LogP contribution in [0.5, 0.6) is 5.75 Å². The van der Waals surface area contributed by atoms with Gasteiger partial charge in [-0.05, 0) is 106 Å². The molecule has 8 aromatic rings. The van der Waals surface area contributed by atoms with E-state index in [2.05, 4.69) is 165 Å². The summed E-state index contributed by atoms with van der Waals surface area (Å²) >= 11 is 0. The summed E-state index contributed by atoms with van der Waals surface area (Å²) in [6.45, 7) is 22.1. The van der Waals surface area contributed by atoms with Crippen molar-refractivity contribution in [2.75, 3.05) is 0 Å². The van der Waals surface area contributed by atoms with Crippen molar-refractivity contribution in [1.29, 1.82) is 0 Å². The number of hydrogen-bond donors (Lipinski definition) is 1.